The number of benzene rings is 1. The number of sulfonamides is 1. The molecule has 39 heavy (non-hydrogen) atoms. The van der Waals surface area contributed by atoms with Crippen molar-refractivity contribution in [3.8, 4) is 11.5 Å². The van der Waals surface area contributed by atoms with Gasteiger partial charge in [-0.1, -0.05) is 17.8 Å². The first kappa shape index (κ1) is 28.9. The third kappa shape index (κ3) is 6.90. The Bertz CT molecular complexity index is 1290. The number of ether oxygens (including phenoxy) is 3. The van der Waals surface area contributed by atoms with Crippen molar-refractivity contribution >= 4 is 38.1 Å². The third-order valence-electron chi connectivity index (χ3n) is 6.98. The van der Waals surface area contributed by atoms with E-state index in [2.05, 4.69) is 4.90 Å². The molecule has 2 fully saturated rings. The van der Waals surface area contributed by atoms with Crippen LogP contribution in [-0.4, -0.2) is 88.8 Å². The van der Waals surface area contributed by atoms with Gasteiger partial charge in [-0.05, 0) is 37.6 Å². The van der Waals surface area contributed by atoms with E-state index in [9.17, 15) is 23.3 Å². The van der Waals surface area contributed by atoms with Gasteiger partial charge in [0.25, 0.3) is 0 Å². The van der Waals surface area contributed by atoms with E-state index < -0.39 is 21.0 Å². The van der Waals surface area contributed by atoms with Gasteiger partial charge in [-0.25, -0.2) is 18.4 Å². The van der Waals surface area contributed by atoms with Crippen molar-refractivity contribution in [1.29, 1.82) is 0 Å². The van der Waals surface area contributed by atoms with Crippen LogP contribution in [0, 0.1) is 10.1 Å². The van der Waals surface area contributed by atoms with Gasteiger partial charge in [-0.3, -0.25) is 15.0 Å². The average Bonchev–Trinajstić information content (AvgIpc) is 3.39. The Balaban J connectivity index is 1.34. The van der Waals surface area contributed by atoms with Gasteiger partial charge in [-0.15, -0.1) is 0 Å². The van der Waals surface area contributed by atoms with Gasteiger partial charge in [0.15, 0.2) is 5.00 Å². The Morgan fingerprint density at radius 1 is 1.13 bits per heavy atom. The fraction of sp³-hybridized carbons (Fsp3) is 0.542. The Hall–Kier alpha value is -3.14. The summed E-state index contributed by atoms with van der Waals surface area (Å²) < 4.78 is 39.7. The van der Waals surface area contributed by atoms with E-state index in [1.54, 1.807) is 24.0 Å². The monoisotopic (exact) mass is 583 g/mol. The normalized spacial score (nSPS) is 18.6. The number of primary sulfonamides is 1. The SMILES string of the molecule is COc1ccc(OC)c(CN2CCCCC2COC(=O)N2CCN(c3sc(S(N)(=O)=O)cc3[N+](=O)[O-])CC2)c1. The number of amides is 1. The Kier molecular flexibility index (Phi) is 9.15. The molecule has 214 valence electrons. The molecule has 2 saturated heterocycles. The molecule has 0 bridgehead atoms. The van der Waals surface area contributed by atoms with Gasteiger partial charge >= 0.3 is 11.8 Å². The minimum Gasteiger partial charge on any atom is -0.497 e. The van der Waals surface area contributed by atoms with Crippen LogP contribution in [-0.2, 0) is 21.3 Å². The molecule has 1 amide bonds. The highest BCUT2D eigenvalue weighted by atomic mass is 32.2. The number of methoxy groups -OCH3 is 2. The molecule has 4 rings (SSSR count). The number of hydrogen-bond acceptors (Lipinski definition) is 11. The standard InChI is InChI=1S/C24H33N5O8S2/c1-35-19-6-7-21(36-2)17(13-19)15-28-8-4-3-5-18(28)16-37-24(30)27-11-9-26(10-12-27)23-20(29(31)32)14-22(38-23)39(25,33)34/h6-7,13-14,18H,3-5,8-12,15-16H2,1-2H3,(H2,25,33,34). The highest BCUT2D eigenvalue weighted by Crippen LogP contribution is 2.39. The Morgan fingerprint density at radius 3 is 2.51 bits per heavy atom. The van der Waals surface area contributed by atoms with E-state index in [1.807, 2.05) is 18.2 Å². The lowest BCUT2D eigenvalue weighted by molar-refractivity contribution is -0.383. The molecule has 2 aliphatic rings. The number of carbonyl (C=O) groups excluding carboxylic acids is 1. The fourth-order valence-corrected chi connectivity index (χ4v) is 6.77. The molecule has 2 N–H and O–H groups in total. The van der Waals surface area contributed by atoms with Gasteiger partial charge in [0.1, 0.15) is 22.3 Å². The maximum Gasteiger partial charge on any atom is 0.409 e. The van der Waals surface area contributed by atoms with Crippen molar-refractivity contribution < 1.29 is 32.3 Å². The molecular weight excluding hydrogens is 550 g/mol. The number of nitrogens with two attached hydrogens (primary N) is 1. The summed E-state index contributed by atoms with van der Waals surface area (Å²) in [6, 6.07) is 6.73. The largest absolute Gasteiger partial charge is 0.497 e. The molecule has 15 heteroatoms. The van der Waals surface area contributed by atoms with E-state index >= 15 is 0 Å². The lowest BCUT2D eigenvalue weighted by atomic mass is 10.0. The lowest BCUT2D eigenvalue weighted by Crippen LogP contribution is -2.50. The summed E-state index contributed by atoms with van der Waals surface area (Å²) in [7, 11) is -0.807. The number of likely N-dealkylation sites (tertiary alicyclic amines) is 1. The van der Waals surface area contributed by atoms with Gasteiger partial charge in [0.05, 0.1) is 19.1 Å². The Morgan fingerprint density at radius 2 is 1.87 bits per heavy atom. The quantitative estimate of drug-likeness (QED) is 0.344. The van der Waals surface area contributed by atoms with Crippen LogP contribution in [0.2, 0.25) is 0 Å². The predicted octanol–water partition coefficient (Wildman–Crippen LogP) is 2.63. The number of anilines is 1. The number of rotatable bonds is 9. The van der Waals surface area contributed by atoms with Crippen molar-refractivity contribution in [2.45, 2.75) is 36.1 Å². The number of nitro groups is 1. The van der Waals surface area contributed by atoms with Crippen LogP contribution in [0.3, 0.4) is 0 Å². The first-order valence-corrected chi connectivity index (χ1v) is 14.9. The molecule has 0 spiro atoms. The van der Waals surface area contributed by atoms with Crippen LogP contribution >= 0.6 is 11.3 Å². The fourth-order valence-electron chi connectivity index (χ4n) is 4.88. The second-order valence-electron chi connectivity index (χ2n) is 9.41. The summed E-state index contributed by atoms with van der Waals surface area (Å²) in [5.41, 5.74) is 0.685. The van der Waals surface area contributed by atoms with E-state index in [1.165, 1.54) is 0 Å². The first-order chi connectivity index (χ1) is 18.6. The third-order valence-corrected chi connectivity index (χ3v) is 9.59. The first-order valence-electron chi connectivity index (χ1n) is 12.5. The van der Waals surface area contributed by atoms with Crippen molar-refractivity contribution in [1.82, 2.24) is 9.80 Å². The van der Waals surface area contributed by atoms with Crippen LogP contribution in [0.25, 0.3) is 0 Å². The smallest absolute Gasteiger partial charge is 0.409 e. The van der Waals surface area contributed by atoms with E-state index in [0.717, 1.165) is 60.3 Å². The summed E-state index contributed by atoms with van der Waals surface area (Å²) in [6.45, 7) is 2.93. The van der Waals surface area contributed by atoms with Gasteiger partial charge in [0, 0.05) is 50.4 Å². The molecule has 0 radical (unpaired) electrons. The van der Waals surface area contributed by atoms with Crippen LogP contribution in [0.5, 0.6) is 11.5 Å². The van der Waals surface area contributed by atoms with Crippen molar-refractivity contribution in [3.63, 3.8) is 0 Å². The minimum atomic E-state index is -4.07. The number of piperazine rings is 1. The molecule has 1 aromatic heterocycles. The second kappa shape index (κ2) is 12.4. The zero-order valence-electron chi connectivity index (χ0n) is 21.9. The van der Waals surface area contributed by atoms with Gasteiger partial charge in [-0.2, -0.15) is 0 Å². The van der Waals surface area contributed by atoms with Gasteiger partial charge < -0.3 is 24.0 Å². The second-order valence-corrected chi connectivity index (χ2v) is 12.2. The summed E-state index contributed by atoms with van der Waals surface area (Å²) in [6.07, 6.45) is 2.57. The number of nitrogens with zero attached hydrogens (tertiary/aromatic N) is 4. The van der Waals surface area contributed by atoms with E-state index in [-0.39, 0.29) is 40.6 Å². The Labute approximate surface area is 231 Å². The van der Waals surface area contributed by atoms with E-state index in [4.69, 9.17) is 19.3 Å². The molecular formula is C24H33N5O8S2. The molecule has 1 aromatic carbocycles. The van der Waals surface area contributed by atoms with Crippen LogP contribution in [0.1, 0.15) is 24.8 Å². The lowest BCUT2D eigenvalue weighted by Gasteiger charge is -2.37. The van der Waals surface area contributed by atoms with Crippen LogP contribution in [0.15, 0.2) is 28.5 Å². The topological polar surface area (TPSA) is 158 Å². The number of thiophene rings is 1. The molecule has 3 heterocycles. The van der Waals surface area contributed by atoms with Crippen molar-refractivity contribution in [2.75, 3.05) is 58.5 Å². The number of carbonyl (C=O) groups is 1. The summed E-state index contributed by atoms with van der Waals surface area (Å²) >= 11 is 0.760. The zero-order valence-corrected chi connectivity index (χ0v) is 23.5. The van der Waals surface area contributed by atoms with Gasteiger partial charge in [0.2, 0.25) is 10.0 Å². The van der Waals surface area contributed by atoms with Crippen LogP contribution < -0.4 is 19.5 Å². The molecule has 1 atom stereocenters. The minimum absolute atomic E-state index is 0.0605. The van der Waals surface area contributed by atoms with Crippen molar-refractivity contribution in [2.24, 2.45) is 5.14 Å². The number of hydrogen-bond donors (Lipinski definition) is 1. The highest BCUT2D eigenvalue weighted by molar-refractivity contribution is 7.91. The number of piperidine rings is 1. The average molecular weight is 584 g/mol. The maximum atomic E-state index is 12.9. The summed E-state index contributed by atoms with van der Waals surface area (Å²) in [5, 5.41) is 16.8. The summed E-state index contributed by atoms with van der Waals surface area (Å²) in [4.78, 5) is 29.3. The molecule has 2 aliphatic heterocycles. The summed E-state index contributed by atoms with van der Waals surface area (Å²) in [5.74, 6) is 1.52. The van der Waals surface area contributed by atoms with Crippen LogP contribution in [0.4, 0.5) is 15.5 Å². The highest BCUT2D eigenvalue weighted by Gasteiger charge is 2.32. The van der Waals surface area contributed by atoms with Crippen molar-refractivity contribution in [3.05, 3.63) is 39.9 Å². The molecule has 2 aromatic rings. The van der Waals surface area contributed by atoms with E-state index in [0.29, 0.717) is 19.6 Å². The molecule has 0 saturated carbocycles. The zero-order chi connectivity index (χ0) is 28.2. The maximum absolute atomic E-state index is 12.9. The molecule has 0 aliphatic carbocycles. The predicted molar refractivity (Wildman–Crippen MR) is 145 cm³/mol. The molecule has 1 unspecified atom stereocenters. The molecule has 13 nitrogen and oxygen atoms in total.